The smallest absolute Gasteiger partial charge is 0.149 e. The van der Waals surface area contributed by atoms with E-state index in [2.05, 4.69) is 41.0 Å². The number of anilines is 2. The van der Waals surface area contributed by atoms with Crippen molar-refractivity contribution in [2.24, 2.45) is 0 Å². The second-order valence-corrected chi connectivity index (χ2v) is 4.85. The normalized spacial score (nSPS) is 24.1. The molecule has 0 radical (unpaired) electrons. The molecule has 0 bridgehead atoms. The third-order valence-electron chi connectivity index (χ3n) is 2.92. The molecule has 1 fully saturated rings. The Morgan fingerprint density at radius 1 is 1.33 bits per heavy atom. The summed E-state index contributed by atoms with van der Waals surface area (Å²) in [6, 6.07) is 0. The van der Waals surface area contributed by atoms with Crippen molar-refractivity contribution in [3.8, 4) is 0 Å². The highest BCUT2D eigenvalue weighted by Crippen LogP contribution is 2.18. The molecule has 1 aromatic heterocycles. The third-order valence-corrected chi connectivity index (χ3v) is 2.92. The van der Waals surface area contributed by atoms with Crippen LogP contribution in [0.5, 0.6) is 0 Å². The molecule has 18 heavy (non-hydrogen) atoms. The largest absolute Gasteiger partial charge is 0.372 e. The molecule has 0 aliphatic carbocycles. The van der Waals surface area contributed by atoms with E-state index >= 15 is 0 Å². The van der Waals surface area contributed by atoms with Gasteiger partial charge in [0, 0.05) is 19.6 Å². The second-order valence-electron chi connectivity index (χ2n) is 4.85. The van der Waals surface area contributed by atoms with Crippen LogP contribution in [-0.4, -0.2) is 41.8 Å². The van der Waals surface area contributed by atoms with Crippen molar-refractivity contribution >= 4 is 11.6 Å². The van der Waals surface area contributed by atoms with Gasteiger partial charge in [-0.25, -0.2) is 4.98 Å². The Labute approximate surface area is 109 Å². The van der Waals surface area contributed by atoms with Gasteiger partial charge in [-0.3, -0.25) is 4.98 Å². The van der Waals surface area contributed by atoms with Gasteiger partial charge in [-0.05, 0) is 20.3 Å². The Bertz CT molecular complexity index is 375. The molecule has 0 spiro atoms. The van der Waals surface area contributed by atoms with Crippen LogP contribution in [0.15, 0.2) is 12.4 Å². The Hall–Kier alpha value is -1.36. The summed E-state index contributed by atoms with van der Waals surface area (Å²) in [7, 11) is 0. The zero-order valence-electron chi connectivity index (χ0n) is 11.4. The van der Waals surface area contributed by atoms with E-state index in [4.69, 9.17) is 4.74 Å². The molecule has 1 saturated heterocycles. The van der Waals surface area contributed by atoms with E-state index < -0.39 is 0 Å². The first kappa shape index (κ1) is 13.1. The van der Waals surface area contributed by atoms with Crippen LogP contribution in [0.25, 0.3) is 0 Å². The van der Waals surface area contributed by atoms with E-state index in [1.54, 1.807) is 6.20 Å². The van der Waals surface area contributed by atoms with Crippen molar-refractivity contribution in [3.05, 3.63) is 12.4 Å². The van der Waals surface area contributed by atoms with Gasteiger partial charge in [0.05, 0.1) is 24.6 Å². The lowest BCUT2D eigenvalue weighted by Crippen LogP contribution is -2.45. The number of ether oxygens (including phenoxy) is 1. The Morgan fingerprint density at radius 2 is 2.06 bits per heavy atom. The molecule has 2 unspecified atom stereocenters. The number of hydrogen-bond donors (Lipinski definition) is 1. The second kappa shape index (κ2) is 6.00. The van der Waals surface area contributed by atoms with Gasteiger partial charge in [0.2, 0.25) is 0 Å². The molecule has 0 saturated carbocycles. The van der Waals surface area contributed by atoms with Gasteiger partial charge < -0.3 is 15.0 Å². The molecular formula is C13H22N4O. The van der Waals surface area contributed by atoms with Crippen LogP contribution < -0.4 is 10.2 Å². The average Bonchev–Trinajstić information content (AvgIpc) is 2.35. The van der Waals surface area contributed by atoms with Crippen molar-refractivity contribution in [2.75, 3.05) is 29.9 Å². The monoisotopic (exact) mass is 250 g/mol. The number of rotatable bonds is 4. The molecule has 100 valence electrons. The highest BCUT2D eigenvalue weighted by atomic mass is 16.5. The van der Waals surface area contributed by atoms with Crippen molar-refractivity contribution in [3.63, 3.8) is 0 Å². The summed E-state index contributed by atoms with van der Waals surface area (Å²) in [6.45, 7) is 8.99. The summed E-state index contributed by atoms with van der Waals surface area (Å²) in [5.74, 6) is 1.78. The lowest BCUT2D eigenvalue weighted by atomic mass is 10.2. The lowest BCUT2D eigenvalue weighted by molar-refractivity contribution is -0.00547. The predicted molar refractivity (Wildman–Crippen MR) is 73.0 cm³/mol. The summed E-state index contributed by atoms with van der Waals surface area (Å²) in [4.78, 5) is 11.1. The van der Waals surface area contributed by atoms with Gasteiger partial charge in [-0.2, -0.15) is 0 Å². The molecular weight excluding hydrogens is 228 g/mol. The fourth-order valence-electron chi connectivity index (χ4n) is 2.21. The summed E-state index contributed by atoms with van der Waals surface area (Å²) in [6.07, 6.45) is 5.15. The van der Waals surface area contributed by atoms with Gasteiger partial charge in [0.15, 0.2) is 0 Å². The number of nitrogens with one attached hydrogen (secondary N) is 1. The minimum atomic E-state index is 0.239. The van der Waals surface area contributed by atoms with Crippen LogP contribution in [0.3, 0.4) is 0 Å². The number of aromatic nitrogens is 2. The number of hydrogen-bond acceptors (Lipinski definition) is 5. The minimum absolute atomic E-state index is 0.239. The molecule has 2 heterocycles. The maximum atomic E-state index is 5.73. The molecule has 2 atom stereocenters. The summed E-state index contributed by atoms with van der Waals surface area (Å²) >= 11 is 0. The third kappa shape index (κ3) is 3.32. The number of morpholine rings is 1. The first-order chi connectivity index (χ1) is 8.69. The van der Waals surface area contributed by atoms with Crippen LogP contribution in [0.1, 0.15) is 27.2 Å². The van der Waals surface area contributed by atoms with Crippen LogP contribution in [0.2, 0.25) is 0 Å². The maximum Gasteiger partial charge on any atom is 0.149 e. The van der Waals surface area contributed by atoms with Crippen LogP contribution in [-0.2, 0) is 4.74 Å². The summed E-state index contributed by atoms with van der Waals surface area (Å²) < 4.78 is 5.73. The Balaban J connectivity index is 2.07. The van der Waals surface area contributed by atoms with E-state index in [1.165, 1.54) is 0 Å². The molecule has 5 nitrogen and oxygen atoms in total. The van der Waals surface area contributed by atoms with Crippen LogP contribution >= 0.6 is 0 Å². The fourth-order valence-corrected chi connectivity index (χ4v) is 2.21. The van der Waals surface area contributed by atoms with E-state index in [0.29, 0.717) is 0 Å². The lowest BCUT2D eigenvalue weighted by Gasteiger charge is -2.35. The Morgan fingerprint density at radius 3 is 2.72 bits per heavy atom. The van der Waals surface area contributed by atoms with E-state index in [0.717, 1.165) is 37.7 Å². The molecule has 1 N–H and O–H groups in total. The average molecular weight is 250 g/mol. The van der Waals surface area contributed by atoms with Crippen molar-refractivity contribution in [2.45, 2.75) is 39.4 Å². The SMILES string of the molecule is CCCNc1cncc(N2CC(C)OC(C)C2)n1. The molecule has 0 aromatic carbocycles. The first-order valence-corrected chi connectivity index (χ1v) is 6.65. The van der Waals surface area contributed by atoms with E-state index in [-0.39, 0.29) is 12.2 Å². The summed E-state index contributed by atoms with van der Waals surface area (Å²) in [5, 5.41) is 3.26. The van der Waals surface area contributed by atoms with Gasteiger partial charge in [0.1, 0.15) is 11.6 Å². The molecule has 1 aliphatic heterocycles. The van der Waals surface area contributed by atoms with Crippen molar-refractivity contribution < 1.29 is 4.74 Å². The molecule has 0 amide bonds. The standard InChI is InChI=1S/C13H22N4O/c1-4-5-15-12-6-14-7-13(16-12)17-8-10(2)18-11(3)9-17/h6-7,10-11H,4-5,8-9H2,1-3H3,(H,15,16). The van der Waals surface area contributed by atoms with Gasteiger partial charge >= 0.3 is 0 Å². The zero-order valence-corrected chi connectivity index (χ0v) is 11.4. The van der Waals surface area contributed by atoms with Crippen molar-refractivity contribution in [1.29, 1.82) is 0 Å². The molecule has 5 heteroatoms. The van der Waals surface area contributed by atoms with E-state index in [1.807, 2.05) is 6.20 Å². The first-order valence-electron chi connectivity index (χ1n) is 6.65. The minimum Gasteiger partial charge on any atom is -0.372 e. The fraction of sp³-hybridized carbons (Fsp3) is 0.692. The quantitative estimate of drug-likeness (QED) is 0.884. The maximum absolute atomic E-state index is 5.73. The highest BCUT2D eigenvalue weighted by Gasteiger charge is 2.23. The molecule has 1 aliphatic rings. The van der Waals surface area contributed by atoms with E-state index in [9.17, 15) is 0 Å². The highest BCUT2D eigenvalue weighted by molar-refractivity contribution is 5.44. The van der Waals surface area contributed by atoms with Gasteiger partial charge in [-0.15, -0.1) is 0 Å². The zero-order chi connectivity index (χ0) is 13.0. The van der Waals surface area contributed by atoms with Gasteiger partial charge in [-0.1, -0.05) is 6.92 Å². The number of nitrogens with zero attached hydrogens (tertiary/aromatic N) is 3. The predicted octanol–water partition coefficient (Wildman–Crippen LogP) is 1.91. The van der Waals surface area contributed by atoms with Gasteiger partial charge in [0.25, 0.3) is 0 Å². The molecule has 2 rings (SSSR count). The van der Waals surface area contributed by atoms with Crippen LogP contribution in [0.4, 0.5) is 11.6 Å². The molecule has 1 aromatic rings. The Kier molecular flexibility index (Phi) is 4.36. The van der Waals surface area contributed by atoms with Crippen molar-refractivity contribution in [1.82, 2.24) is 9.97 Å². The topological polar surface area (TPSA) is 50.3 Å². The summed E-state index contributed by atoms with van der Waals surface area (Å²) in [5.41, 5.74) is 0. The van der Waals surface area contributed by atoms with Crippen LogP contribution in [0, 0.1) is 0 Å².